The number of hydrogen-bond acceptors (Lipinski definition) is 3. The Morgan fingerprint density at radius 3 is 2.33 bits per heavy atom. The minimum absolute atomic E-state index is 0.131. The molecule has 18 heavy (non-hydrogen) atoms. The maximum atomic E-state index is 11.7. The molecule has 4 heteroatoms. The number of hydrogen-bond donors (Lipinski definition) is 2. The first-order valence-corrected chi connectivity index (χ1v) is 6.40. The minimum Gasteiger partial charge on any atom is -0.444 e. The molecule has 0 bridgehead atoms. The lowest BCUT2D eigenvalue weighted by Gasteiger charge is -2.37. The zero-order chi connectivity index (χ0) is 14.0. The molecule has 1 amide bonds. The molecular weight excluding hydrogens is 230 g/mol. The fourth-order valence-corrected chi connectivity index (χ4v) is 1.87. The molecule has 1 aliphatic rings. The van der Waals surface area contributed by atoms with Gasteiger partial charge < -0.3 is 15.2 Å². The third-order valence-electron chi connectivity index (χ3n) is 3.22. The smallest absolute Gasteiger partial charge is 0.408 e. The molecule has 4 nitrogen and oxygen atoms in total. The number of ether oxygens (including phenoxy) is 1. The van der Waals surface area contributed by atoms with Crippen molar-refractivity contribution >= 4 is 6.09 Å². The van der Waals surface area contributed by atoms with Crippen molar-refractivity contribution in [2.24, 2.45) is 5.41 Å². The van der Waals surface area contributed by atoms with Gasteiger partial charge in [0.05, 0.1) is 12.1 Å². The van der Waals surface area contributed by atoms with Crippen LogP contribution in [0.25, 0.3) is 0 Å². The predicted octanol–water partition coefficient (Wildman–Crippen LogP) is 2.62. The molecule has 1 aliphatic carbocycles. The van der Waals surface area contributed by atoms with Crippen molar-refractivity contribution in [1.29, 1.82) is 0 Å². The zero-order valence-electron chi connectivity index (χ0n) is 12.0. The Hall–Kier alpha value is -1.03. The van der Waals surface area contributed by atoms with Crippen molar-refractivity contribution in [3.05, 3.63) is 12.2 Å². The number of alkyl carbamates (subject to hydrolysis) is 1. The van der Waals surface area contributed by atoms with Crippen LogP contribution in [-0.2, 0) is 4.74 Å². The second-order valence-corrected chi connectivity index (χ2v) is 6.69. The zero-order valence-corrected chi connectivity index (χ0v) is 12.0. The number of aliphatic hydroxyl groups is 1. The molecule has 0 fully saturated rings. The van der Waals surface area contributed by atoms with Gasteiger partial charge in [0.1, 0.15) is 5.60 Å². The van der Waals surface area contributed by atoms with Gasteiger partial charge >= 0.3 is 6.09 Å². The molecule has 0 aliphatic heterocycles. The lowest BCUT2D eigenvalue weighted by molar-refractivity contribution is 0.0466. The Labute approximate surface area is 109 Å². The number of rotatable bonds is 2. The van der Waals surface area contributed by atoms with E-state index in [1.165, 1.54) is 0 Å². The van der Waals surface area contributed by atoms with Crippen LogP contribution in [0.15, 0.2) is 12.2 Å². The van der Waals surface area contributed by atoms with E-state index in [4.69, 9.17) is 4.74 Å². The van der Waals surface area contributed by atoms with Crippen molar-refractivity contribution in [3.8, 4) is 0 Å². The van der Waals surface area contributed by atoms with E-state index in [0.29, 0.717) is 0 Å². The molecule has 1 rings (SSSR count). The summed E-state index contributed by atoms with van der Waals surface area (Å²) in [7, 11) is 0. The molecule has 2 N–H and O–H groups in total. The SMILES string of the molecule is CC1(CO)C=CC(C)(NC(=O)OC(C)(C)C)CC1. The minimum atomic E-state index is -0.488. The number of amides is 1. The van der Waals surface area contributed by atoms with E-state index in [0.717, 1.165) is 12.8 Å². The van der Waals surface area contributed by atoms with Gasteiger partial charge in [-0.05, 0) is 40.5 Å². The van der Waals surface area contributed by atoms with Crippen LogP contribution in [0.2, 0.25) is 0 Å². The third kappa shape index (κ3) is 4.33. The number of nitrogens with one attached hydrogen (secondary N) is 1. The van der Waals surface area contributed by atoms with Crippen molar-refractivity contribution in [2.45, 2.75) is 58.6 Å². The monoisotopic (exact) mass is 255 g/mol. The van der Waals surface area contributed by atoms with Gasteiger partial charge in [-0.2, -0.15) is 0 Å². The Morgan fingerprint density at radius 1 is 1.33 bits per heavy atom. The average Bonchev–Trinajstić information content (AvgIpc) is 2.20. The van der Waals surface area contributed by atoms with Crippen LogP contribution in [0.1, 0.15) is 47.5 Å². The fraction of sp³-hybridized carbons (Fsp3) is 0.786. The molecule has 0 aromatic rings. The van der Waals surface area contributed by atoms with Gasteiger partial charge in [0, 0.05) is 5.41 Å². The summed E-state index contributed by atoms with van der Waals surface area (Å²) in [5.41, 5.74) is -1.05. The summed E-state index contributed by atoms with van der Waals surface area (Å²) in [4.78, 5) is 11.7. The Morgan fingerprint density at radius 2 is 1.94 bits per heavy atom. The second-order valence-electron chi connectivity index (χ2n) is 6.69. The van der Waals surface area contributed by atoms with E-state index in [9.17, 15) is 9.90 Å². The lowest BCUT2D eigenvalue weighted by Crippen LogP contribution is -2.49. The summed E-state index contributed by atoms with van der Waals surface area (Å²) in [5, 5.41) is 12.2. The molecular formula is C14H25NO3. The quantitative estimate of drug-likeness (QED) is 0.746. The molecule has 0 saturated heterocycles. The molecule has 0 spiro atoms. The molecule has 0 heterocycles. The van der Waals surface area contributed by atoms with Gasteiger partial charge in [-0.3, -0.25) is 0 Å². The first kappa shape index (κ1) is 15.0. The molecule has 0 radical (unpaired) electrons. The highest BCUT2D eigenvalue weighted by Crippen LogP contribution is 2.34. The van der Waals surface area contributed by atoms with E-state index in [1.54, 1.807) is 0 Å². The lowest BCUT2D eigenvalue weighted by atomic mass is 9.75. The summed E-state index contributed by atoms with van der Waals surface area (Å²) in [5.74, 6) is 0. The van der Waals surface area contributed by atoms with Crippen LogP contribution in [0, 0.1) is 5.41 Å². The van der Waals surface area contributed by atoms with Gasteiger partial charge in [0.15, 0.2) is 0 Å². The Bertz CT molecular complexity index is 345. The van der Waals surface area contributed by atoms with E-state index in [1.807, 2.05) is 46.8 Å². The van der Waals surface area contributed by atoms with Crippen molar-refractivity contribution in [2.75, 3.05) is 6.61 Å². The van der Waals surface area contributed by atoms with Crippen molar-refractivity contribution in [1.82, 2.24) is 5.32 Å². The van der Waals surface area contributed by atoms with Gasteiger partial charge in [-0.1, -0.05) is 19.1 Å². The summed E-state index contributed by atoms with van der Waals surface area (Å²) in [6.07, 6.45) is 5.17. The normalized spacial score (nSPS) is 32.1. The van der Waals surface area contributed by atoms with Gasteiger partial charge in [-0.15, -0.1) is 0 Å². The number of aliphatic hydroxyl groups excluding tert-OH is 1. The first-order valence-electron chi connectivity index (χ1n) is 6.40. The highest BCUT2D eigenvalue weighted by Gasteiger charge is 2.34. The van der Waals surface area contributed by atoms with Gasteiger partial charge in [0.25, 0.3) is 0 Å². The van der Waals surface area contributed by atoms with Crippen LogP contribution in [0.3, 0.4) is 0 Å². The maximum Gasteiger partial charge on any atom is 0.408 e. The fourth-order valence-electron chi connectivity index (χ4n) is 1.87. The molecule has 2 unspecified atom stereocenters. The third-order valence-corrected chi connectivity index (χ3v) is 3.22. The highest BCUT2D eigenvalue weighted by molar-refractivity contribution is 5.69. The Kier molecular flexibility index (Phi) is 4.11. The van der Waals surface area contributed by atoms with Crippen LogP contribution in [-0.4, -0.2) is 28.9 Å². The highest BCUT2D eigenvalue weighted by atomic mass is 16.6. The topological polar surface area (TPSA) is 58.6 Å². The van der Waals surface area contributed by atoms with E-state index < -0.39 is 17.2 Å². The van der Waals surface area contributed by atoms with Gasteiger partial charge in [0.2, 0.25) is 0 Å². The van der Waals surface area contributed by atoms with E-state index >= 15 is 0 Å². The molecule has 0 aromatic heterocycles. The summed E-state index contributed by atoms with van der Waals surface area (Å²) in [6.45, 7) is 9.63. The molecule has 104 valence electrons. The van der Waals surface area contributed by atoms with Crippen LogP contribution in [0.5, 0.6) is 0 Å². The largest absolute Gasteiger partial charge is 0.444 e. The average molecular weight is 255 g/mol. The summed E-state index contributed by atoms with van der Waals surface area (Å²) >= 11 is 0. The molecule has 0 aromatic carbocycles. The van der Waals surface area contributed by atoms with Crippen LogP contribution >= 0.6 is 0 Å². The van der Waals surface area contributed by atoms with Crippen molar-refractivity contribution in [3.63, 3.8) is 0 Å². The van der Waals surface area contributed by atoms with Crippen LogP contribution < -0.4 is 5.32 Å². The maximum absolute atomic E-state index is 11.7. The second kappa shape index (κ2) is 4.92. The number of carbonyl (C=O) groups is 1. The first-order chi connectivity index (χ1) is 8.08. The Balaban J connectivity index is 2.63. The number of carbonyl (C=O) groups excluding carboxylic acids is 1. The van der Waals surface area contributed by atoms with E-state index in [2.05, 4.69) is 5.32 Å². The van der Waals surface area contributed by atoms with Gasteiger partial charge in [-0.25, -0.2) is 4.79 Å². The van der Waals surface area contributed by atoms with Crippen molar-refractivity contribution < 1.29 is 14.6 Å². The van der Waals surface area contributed by atoms with E-state index in [-0.39, 0.29) is 12.0 Å². The predicted molar refractivity (Wildman–Crippen MR) is 71.3 cm³/mol. The summed E-state index contributed by atoms with van der Waals surface area (Å²) in [6, 6.07) is 0. The summed E-state index contributed by atoms with van der Waals surface area (Å²) < 4.78 is 5.25. The molecule has 0 saturated carbocycles. The molecule has 2 atom stereocenters. The standard InChI is InChI=1S/C14H25NO3/c1-12(2,3)18-11(17)15-14(5)8-6-13(4,10-16)7-9-14/h6,8,16H,7,9-10H2,1-5H3,(H,15,17). The van der Waals surface area contributed by atoms with Crippen LogP contribution in [0.4, 0.5) is 4.79 Å².